The maximum absolute atomic E-state index is 12.7. The molecule has 2 aromatic rings. The van der Waals surface area contributed by atoms with Gasteiger partial charge in [0.15, 0.2) is 5.13 Å². The molecule has 4 heterocycles. The lowest BCUT2D eigenvalue weighted by Gasteiger charge is -2.27. The van der Waals surface area contributed by atoms with E-state index < -0.39 is 12.0 Å². The molecule has 0 saturated carbocycles. The number of thiazole rings is 1. The lowest BCUT2D eigenvalue weighted by atomic mass is 10.1. The van der Waals surface area contributed by atoms with E-state index in [1.54, 1.807) is 11.3 Å². The molecule has 0 unspecified atom stereocenters. The van der Waals surface area contributed by atoms with Crippen LogP contribution in [0.15, 0.2) is 12.4 Å². The number of nitrogens with zero attached hydrogens (tertiary/aromatic N) is 5. The van der Waals surface area contributed by atoms with Crippen molar-refractivity contribution in [3.05, 3.63) is 34.4 Å². The molecule has 2 aromatic heterocycles. The Balaban J connectivity index is 1.41. The Morgan fingerprint density at radius 2 is 1.92 bits per heavy atom. The highest BCUT2D eigenvalue weighted by Crippen LogP contribution is 2.29. The van der Waals surface area contributed by atoms with Gasteiger partial charge in [-0.05, 0) is 0 Å². The van der Waals surface area contributed by atoms with Crippen LogP contribution < -0.4 is 4.90 Å². The van der Waals surface area contributed by atoms with E-state index >= 15 is 0 Å². The zero-order chi connectivity index (χ0) is 18.1. The van der Waals surface area contributed by atoms with Crippen LogP contribution >= 0.6 is 11.3 Å². The largest absolute Gasteiger partial charge is 0.451 e. The first-order valence-electron chi connectivity index (χ1n) is 8.41. The number of aromatic nitrogens is 3. The SMILES string of the molecule is FC(F)(F)c1ncc2c(n1)CCN(Cc1cnc(N3CCOCC3)s1)C2. The van der Waals surface area contributed by atoms with E-state index in [1.165, 1.54) is 6.20 Å². The van der Waals surface area contributed by atoms with Gasteiger partial charge in [0.1, 0.15) is 0 Å². The van der Waals surface area contributed by atoms with Crippen molar-refractivity contribution in [2.24, 2.45) is 0 Å². The molecular formula is C16H18F3N5OS. The van der Waals surface area contributed by atoms with Gasteiger partial charge in [-0.15, -0.1) is 11.3 Å². The Kier molecular flexibility index (Phi) is 4.80. The smallest absolute Gasteiger partial charge is 0.378 e. The molecule has 2 aliphatic heterocycles. The highest BCUT2D eigenvalue weighted by Gasteiger charge is 2.35. The van der Waals surface area contributed by atoms with Crippen molar-refractivity contribution in [1.82, 2.24) is 19.9 Å². The summed E-state index contributed by atoms with van der Waals surface area (Å²) in [6.45, 7) is 5.09. The van der Waals surface area contributed by atoms with Gasteiger partial charge in [0.05, 0.1) is 18.9 Å². The van der Waals surface area contributed by atoms with Gasteiger partial charge in [0, 0.05) is 62.0 Å². The highest BCUT2D eigenvalue weighted by molar-refractivity contribution is 7.15. The Hall–Kier alpha value is -1.78. The number of hydrogen-bond acceptors (Lipinski definition) is 7. The Morgan fingerprint density at radius 1 is 1.12 bits per heavy atom. The molecule has 2 aliphatic rings. The van der Waals surface area contributed by atoms with Gasteiger partial charge >= 0.3 is 6.18 Å². The van der Waals surface area contributed by atoms with Crippen molar-refractivity contribution in [2.75, 3.05) is 37.7 Å². The molecule has 0 atom stereocenters. The fourth-order valence-electron chi connectivity index (χ4n) is 3.14. The summed E-state index contributed by atoms with van der Waals surface area (Å²) in [5.74, 6) is -1.05. The average Bonchev–Trinajstić information content (AvgIpc) is 3.10. The minimum atomic E-state index is -4.50. The molecule has 0 aliphatic carbocycles. The number of anilines is 1. The quantitative estimate of drug-likeness (QED) is 0.809. The van der Waals surface area contributed by atoms with E-state index in [4.69, 9.17) is 4.74 Å². The first-order chi connectivity index (χ1) is 12.5. The standard InChI is InChI=1S/C16H18F3N5OS/c17-16(18,19)14-20-7-11-9-23(2-1-13(11)22-14)10-12-8-21-15(26-12)24-3-5-25-6-4-24/h7-8H,1-6,9-10H2. The van der Waals surface area contributed by atoms with Crippen LogP contribution in [0.3, 0.4) is 0 Å². The monoisotopic (exact) mass is 385 g/mol. The third-order valence-corrected chi connectivity index (χ3v) is 5.51. The fraction of sp³-hybridized carbons (Fsp3) is 0.562. The van der Waals surface area contributed by atoms with Gasteiger partial charge in [-0.3, -0.25) is 4.90 Å². The normalized spacial score (nSPS) is 18.8. The lowest BCUT2D eigenvalue weighted by molar-refractivity contribution is -0.145. The second kappa shape index (κ2) is 7.09. The van der Waals surface area contributed by atoms with Gasteiger partial charge in [-0.1, -0.05) is 0 Å². The minimum absolute atomic E-state index is 0.496. The molecule has 10 heteroatoms. The molecule has 0 N–H and O–H groups in total. The van der Waals surface area contributed by atoms with Gasteiger partial charge in [-0.25, -0.2) is 15.0 Å². The van der Waals surface area contributed by atoms with E-state index in [-0.39, 0.29) is 0 Å². The van der Waals surface area contributed by atoms with Crippen LogP contribution in [0, 0.1) is 0 Å². The molecule has 0 radical (unpaired) electrons. The second-order valence-electron chi connectivity index (χ2n) is 6.33. The fourth-order valence-corrected chi connectivity index (χ4v) is 4.14. The maximum Gasteiger partial charge on any atom is 0.451 e. The summed E-state index contributed by atoms with van der Waals surface area (Å²) in [6, 6.07) is 0. The zero-order valence-corrected chi connectivity index (χ0v) is 14.8. The molecule has 0 bridgehead atoms. The number of halogens is 3. The van der Waals surface area contributed by atoms with Gasteiger partial charge in [0.25, 0.3) is 0 Å². The van der Waals surface area contributed by atoms with Crippen LogP contribution in [0.1, 0.15) is 22.0 Å². The summed E-state index contributed by atoms with van der Waals surface area (Å²) in [7, 11) is 0. The summed E-state index contributed by atoms with van der Waals surface area (Å²) in [4.78, 5) is 17.2. The molecule has 6 nitrogen and oxygen atoms in total. The molecule has 1 fully saturated rings. The number of alkyl halides is 3. The van der Waals surface area contributed by atoms with Gasteiger partial charge in [-0.2, -0.15) is 13.2 Å². The van der Waals surface area contributed by atoms with Crippen LogP contribution in [-0.4, -0.2) is 52.7 Å². The number of hydrogen-bond donors (Lipinski definition) is 0. The summed E-state index contributed by atoms with van der Waals surface area (Å²) in [5.41, 5.74) is 1.27. The average molecular weight is 385 g/mol. The van der Waals surface area contributed by atoms with E-state index in [9.17, 15) is 13.2 Å². The number of fused-ring (bicyclic) bond motifs is 1. The second-order valence-corrected chi connectivity index (χ2v) is 7.43. The summed E-state index contributed by atoms with van der Waals surface area (Å²) in [5, 5.41) is 0.999. The highest BCUT2D eigenvalue weighted by atomic mass is 32.1. The molecule has 0 aromatic carbocycles. The Labute approximate surface area is 152 Å². The van der Waals surface area contributed by atoms with Crippen molar-refractivity contribution in [1.29, 1.82) is 0 Å². The molecule has 26 heavy (non-hydrogen) atoms. The van der Waals surface area contributed by atoms with E-state index in [2.05, 4.69) is 24.8 Å². The number of ether oxygens (including phenoxy) is 1. The van der Waals surface area contributed by atoms with Gasteiger partial charge < -0.3 is 9.64 Å². The predicted molar refractivity (Wildman–Crippen MR) is 90.0 cm³/mol. The minimum Gasteiger partial charge on any atom is -0.378 e. The lowest BCUT2D eigenvalue weighted by Crippen LogP contribution is -2.36. The van der Waals surface area contributed by atoms with Crippen LogP contribution in [-0.2, 0) is 30.4 Å². The molecule has 0 spiro atoms. The van der Waals surface area contributed by atoms with E-state index in [0.29, 0.717) is 25.2 Å². The summed E-state index contributed by atoms with van der Waals surface area (Å²) < 4.78 is 43.5. The van der Waals surface area contributed by atoms with Crippen LogP contribution in [0.5, 0.6) is 0 Å². The summed E-state index contributed by atoms with van der Waals surface area (Å²) in [6.07, 6.45) is -0.807. The van der Waals surface area contributed by atoms with Crippen molar-refractivity contribution < 1.29 is 17.9 Å². The zero-order valence-electron chi connectivity index (χ0n) is 14.0. The third kappa shape index (κ3) is 3.81. The Morgan fingerprint density at radius 3 is 2.69 bits per heavy atom. The first kappa shape index (κ1) is 17.6. The summed E-state index contributed by atoms with van der Waals surface area (Å²) >= 11 is 1.66. The molecule has 0 amide bonds. The van der Waals surface area contributed by atoms with Crippen molar-refractivity contribution >= 4 is 16.5 Å². The first-order valence-corrected chi connectivity index (χ1v) is 9.22. The van der Waals surface area contributed by atoms with Crippen LogP contribution in [0.4, 0.5) is 18.3 Å². The molecule has 140 valence electrons. The van der Waals surface area contributed by atoms with E-state index in [0.717, 1.165) is 48.4 Å². The molecular weight excluding hydrogens is 367 g/mol. The number of rotatable bonds is 3. The maximum atomic E-state index is 12.7. The number of morpholine rings is 1. The topological polar surface area (TPSA) is 54.4 Å². The van der Waals surface area contributed by atoms with Crippen LogP contribution in [0.25, 0.3) is 0 Å². The van der Waals surface area contributed by atoms with Gasteiger partial charge in [0.2, 0.25) is 5.82 Å². The van der Waals surface area contributed by atoms with Crippen LogP contribution in [0.2, 0.25) is 0 Å². The Bertz CT molecular complexity index is 775. The third-order valence-electron chi connectivity index (χ3n) is 4.47. The van der Waals surface area contributed by atoms with E-state index in [1.807, 2.05) is 6.20 Å². The molecule has 4 rings (SSSR count). The van der Waals surface area contributed by atoms with Crippen molar-refractivity contribution in [3.8, 4) is 0 Å². The molecule has 1 saturated heterocycles. The van der Waals surface area contributed by atoms with Crippen molar-refractivity contribution in [2.45, 2.75) is 25.7 Å². The van der Waals surface area contributed by atoms with Crippen molar-refractivity contribution in [3.63, 3.8) is 0 Å². The predicted octanol–water partition coefficient (Wildman–Crippen LogP) is 2.35.